The average Bonchev–Trinajstić information content (AvgIpc) is 3.40. The van der Waals surface area contributed by atoms with Gasteiger partial charge in [-0.1, -0.05) is 23.8 Å². The molecule has 2 aromatic heterocycles. The van der Waals surface area contributed by atoms with Crippen molar-refractivity contribution in [3.63, 3.8) is 0 Å². The highest BCUT2D eigenvalue weighted by atomic mass is 15.3. The third kappa shape index (κ3) is 2.59. The molecule has 3 aromatic rings. The maximum absolute atomic E-state index is 4.73. The van der Waals surface area contributed by atoms with Gasteiger partial charge in [-0.25, -0.2) is 15.0 Å². The smallest absolute Gasteiger partial charge is 0.136 e. The predicted octanol–water partition coefficient (Wildman–Crippen LogP) is 4.01. The van der Waals surface area contributed by atoms with E-state index in [1.54, 1.807) is 6.33 Å². The third-order valence-electron chi connectivity index (χ3n) is 5.62. The molecule has 0 radical (unpaired) electrons. The van der Waals surface area contributed by atoms with Crippen LogP contribution < -0.4 is 4.90 Å². The second-order valence-electron chi connectivity index (χ2n) is 7.38. The van der Waals surface area contributed by atoms with Crippen LogP contribution in [0.1, 0.15) is 47.9 Å². The molecule has 1 fully saturated rings. The number of fused-ring (bicyclic) bond motifs is 1. The van der Waals surface area contributed by atoms with Gasteiger partial charge in [-0.3, -0.25) is 0 Å². The number of aromatic amines is 1. The number of anilines is 1. The Kier molecular flexibility index (Phi) is 3.73. The Balaban J connectivity index is 1.48. The maximum atomic E-state index is 4.73. The second-order valence-corrected chi connectivity index (χ2v) is 7.38. The summed E-state index contributed by atoms with van der Waals surface area (Å²) in [5.74, 6) is 2.17. The summed E-state index contributed by atoms with van der Waals surface area (Å²) in [5.41, 5.74) is 6.13. The van der Waals surface area contributed by atoms with Crippen molar-refractivity contribution in [1.29, 1.82) is 0 Å². The van der Waals surface area contributed by atoms with E-state index in [4.69, 9.17) is 4.98 Å². The first-order valence-electron chi connectivity index (χ1n) is 9.51. The molecular weight excluding hydrogens is 322 g/mol. The molecule has 0 unspecified atom stereocenters. The Morgan fingerprint density at radius 1 is 1.12 bits per heavy atom. The van der Waals surface area contributed by atoms with Gasteiger partial charge in [0.25, 0.3) is 0 Å². The molecule has 0 amide bonds. The van der Waals surface area contributed by atoms with Gasteiger partial charge in [-0.2, -0.15) is 0 Å². The van der Waals surface area contributed by atoms with Crippen LogP contribution >= 0.6 is 0 Å². The first-order chi connectivity index (χ1) is 12.8. The fraction of sp³-hybridized carbons (Fsp3) is 0.381. The number of hydrogen-bond donors (Lipinski definition) is 1. The van der Waals surface area contributed by atoms with Crippen LogP contribution in [-0.4, -0.2) is 26.5 Å². The zero-order valence-electron chi connectivity index (χ0n) is 15.1. The van der Waals surface area contributed by atoms with E-state index in [0.717, 1.165) is 43.1 Å². The number of aromatic nitrogens is 4. The molecule has 26 heavy (non-hydrogen) atoms. The Morgan fingerprint density at radius 3 is 3.00 bits per heavy atom. The van der Waals surface area contributed by atoms with Crippen molar-refractivity contribution < 1.29 is 0 Å². The molecule has 1 aromatic carbocycles. The van der Waals surface area contributed by atoms with E-state index in [0.29, 0.717) is 0 Å². The van der Waals surface area contributed by atoms with E-state index < -0.39 is 0 Å². The van der Waals surface area contributed by atoms with E-state index in [1.807, 2.05) is 6.20 Å². The van der Waals surface area contributed by atoms with E-state index >= 15 is 0 Å². The molecular formula is C21H23N5. The molecule has 1 aliphatic carbocycles. The summed E-state index contributed by atoms with van der Waals surface area (Å²) in [5, 5.41) is 0. The maximum Gasteiger partial charge on any atom is 0.136 e. The molecule has 5 nitrogen and oxygen atoms in total. The Hall–Kier alpha value is -2.69. The lowest BCUT2D eigenvalue weighted by molar-refractivity contribution is 0.667. The molecule has 1 saturated heterocycles. The van der Waals surface area contributed by atoms with Crippen LogP contribution in [0, 0.1) is 6.92 Å². The predicted molar refractivity (Wildman–Crippen MR) is 102 cm³/mol. The highest BCUT2D eigenvalue weighted by Crippen LogP contribution is 2.38. The molecule has 0 saturated carbocycles. The van der Waals surface area contributed by atoms with Gasteiger partial charge in [0.1, 0.15) is 18.0 Å². The number of nitrogens with one attached hydrogen (secondary N) is 1. The van der Waals surface area contributed by atoms with Crippen molar-refractivity contribution in [3.05, 3.63) is 59.4 Å². The van der Waals surface area contributed by atoms with Crippen molar-refractivity contribution >= 4 is 5.82 Å². The van der Waals surface area contributed by atoms with Gasteiger partial charge < -0.3 is 9.88 Å². The minimum Gasteiger partial charge on any atom is -0.346 e. The summed E-state index contributed by atoms with van der Waals surface area (Å²) in [4.78, 5) is 19.9. The number of hydrogen-bond acceptors (Lipinski definition) is 4. The van der Waals surface area contributed by atoms with Crippen molar-refractivity contribution in [2.24, 2.45) is 0 Å². The van der Waals surface area contributed by atoms with Gasteiger partial charge in [0.2, 0.25) is 0 Å². The van der Waals surface area contributed by atoms with Crippen LogP contribution in [0.4, 0.5) is 5.82 Å². The number of imidazole rings is 1. The van der Waals surface area contributed by atoms with Gasteiger partial charge in [-0.15, -0.1) is 0 Å². The first kappa shape index (κ1) is 15.6. The highest BCUT2D eigenvalue weighted by molar-refractivity contribution is 5.60. The Labute approximate surface area is 153 Å². The van der Waals surface area contributed by atoms with Gasteiger partial charge in [0.05, 0.1) is 17.9 Å². The van der Waals surface area contributed by atoms with Crippen molar-refractivity contribution in [2.75, 3.05) is 11.4 Å². The lowest BCUT2D eigenvalue weighted by Gasteiger charge is -2.26. The Morgan fingerprint density at radius 2 is 2.08 bits per heavy atom. The van der Waals surface area contributed by atoms with Gasteiger partial charge in [0.15, 0.2) is 0 Å². The van der Waals surface area contributed by atoms with Crippen LogP contribution in [0.25, 0.3) is 11.3 Å². The van der Waals surface area contributed by atoms with E-state index in [2.05, 4.69) is 51.0 Å². The Bertz CT molecular complexity index is 945. The molecule has 1 aliphatic heterocycles. The van der Waals surface area contributed by atoms with Crippen LogP contribution in [0.5, 0.6) is 0 Å². The number of benzene rings is 1. The van der Waals surface area contributed by atoms with E-state index in [9.17, 15) is 0 Å². The summed E-state index contributed by atoms with van der Waals surface area (Å²) in [6.07, 6.45) is 9.35. The molecule has 3 heterocycles. The summed E-state index contributed by atoms with van der Waals surface area (Å²) in [6.45, 7) is 3.16. The first-order valence-corrected chi connectivity index (χ1v) is 9.51. The third-order valence-corrected chi connectivity index (χ3v) is 5.62. The number of H-pyrrole nitrogens is 1. The number of rotatable bonds is 3. The van der Waals surface area contributed by atoms with Gasteiger partial charge >= 0.3 is 0 Å². The number of aryl methyl sites for hydroxylation is 2. The minimum atomic E-state index is 0.271. The zero-order valence-corrected chi connectivity index (χ0v) is 15.1. The minimum absolute atomic E-state index is 0.271. The summed E-state index contributed by atoms with van der Waals surface area (Å²) in [6, 6.07) is 8.81. The second kappa shape index (κ2) is 6.24. The van der Waals surface area contributed by atoms with E-state index in [1.165, 1.54) is 35.2 Å². The molecule has 1 N–H and O–H groups in total. The standard InChI is InChI=1S/C21H23N5/c1-14-5-2-6-15(11-14)18-12-22-20(25-18)19-9-4-10-26(19)21-16-7-3-8-17(16)23-13-24-21/h2,5-6,11-13,19H,3-4,7-10H2,1H3,(H,22,25)/t19-/m0/s1. The molecule has 1 atom stereocenters. The highest BCUT2D eigenvalue weighted by Gasteiger charge is 2.32. The quantitative estimate of drug-likeness (QED) is 0.779. The lowest BCUT2D eigenvalue weighted by atomic mass is 10.1. The summed E-state index contributed by atoms with van der Waals surface area (Å²) >= 11 is 0. The topological polar surface area (TPSA) is 57.7 Å². The van der Waals surface area contributed by atoms with Crippen molar-refractivity contribution in [2.45, 2.75) is 45.1 Å². The van der Waals surface area contributed by atoms with Crippen LogP contribution in [-0.2, 0) is 12.8 Å². The van der Waals surface area contributed by atoms with Crippen LogP contribution in [0.3, 0.4) is 0 Å². The fourth-order valence-electron chi connectivity index (χ4n) is 4.36. The number of nitrogens with zero attached hydrogens (tertiary/aromatic N) is 4. The van der Waals surface area contributed by atoms with Crippen molar-refractivity contribution in [1.82, 2.24) is 19.9 Å². The molecule has 5 heteroatoms. The normalized spacial score (nSPS) is 19.1. The monoisotopic (exact) mass is 345 g/mol. The van der Waals surface area contributed by atoms with E-state index in [-0.39, 0.29) is 6.04 Å². The van der Waals surface area contributed by atoms with Crippen LogP contribution in [0.2, 0.25) is 0 Å². The van der Waals surface area contributed by atoms with Crippen molar-refractivity contribution in [3.8, 4) is 11.3 Å². The fourth-order valence-corrected chi connectivity index (χ4v) is 4.36. The largest absolute Gasteiger partial charge is 0.346 e. The summed E-state index contributed by atoms with van der Waals surface area (Å²) < 4.78 is 0. The molecule has 5 rings (SSSR count). The lowest BCUT2D eigenvalue weighted by Crippen LogP contribution is -2.25. The zero-order chi connectivity index (χ0) is 17.5. The average molecular weight is 345 g/mol. The van der Waals surface area contributed by atoms with Gasteiger partial charge in [-0.05, 0) is 50.7 Å². The summed E-state index contributed by atoms with van der Waals surface area (Å²) in [7, 11) is 0. The molecule has 2 aliphatic rings. The SMILES string of the molecule is Cc1cccc(-c2cnc([C@@H]3CCCN3c3ncnc4c3CCC4)[nH]2)c1. The van der Waals surface area contributed by atoms with Gasteiger partial charge in [0, 0.05) is 17.8 Å². The molecule has 0 spiro atoms. The molecule has 0 bridgehead atoms. The van der Waals surface area contributed by atoms with Crippen LogP contribution in [0.15, 0.2) is 36.8 Å². The molecule has 132 valence electrons.